The Morgan fingerprint density at radius 3 is 2.58 bits per heavy atom. The molecule has 0 bridgehead atoms. The van der Waals surface area contributed by atoms with E-state index in [1.807, 2.05) is 18.2 Å². The number of nitrogens with zero attached hydrogens (tertiary/aromatic N) is 2. The highest BCUT2D eigenvalue weighted by atomic mass is 19.4. The smallest absolute Gasteiger partial charge is 0.333 e. The molecule has 0 unspecified atom stereocenters. The van der Waals surface area contributed by atoms with Crippen molar-refractivity contribution >= 4 is 0 Å². The third-order valence-electron chi connectivity index (χ3n) is 3.52. The van der Waals surface area contributed by atoms with E-state index < -0.39 is 11.9 Å². The lowest BCUT2D eigenvalue weighted by molar-refractivity contribution is -0.140. The molecule has 0 amide bonds. The van der Waals surface area contributed by atoms with Gasteiger partial charge in [-0.3, -0.25) is 0 Å². The largest absolute Gasteiger partial charge is 0.434 e. The van der Waals surface area contributed by atoms with Gasteiger partial charge in [-0.1, -0.05) is 12.1 Å². The number of aryl methyl sites for hydroxylation is 3. The molecule has 1 aromatic heterocycles. The summed E-state index contributed by atoms with van der Waals surface area (Å²) in [5.74, 6) is 0.363. The number of rotatable bonds is 1. The van der Waals surface area contributed by atoms with Crippen molar-refractivity contribution in [1.82, 2.24) is 9.55 Å². The summed E-state index contributed by atoms with van der Waals surface area (Å²) in [6.45, 7) is 0. The monoisotopic (exact) mass is 266 g/mol. The number of alkyl halides is 3. The van der Waals surface area contributed by atoms with Crippen LogP contribution in [0.4, 0.5) is 13.2 Å². The SMILES string of the molecule is Cn1cc(C(F)(F)F)nc1-c1ccc2c(c1)CCC2. The van der Waals surface area contributed by atoms with Crippen LogP contribution in [0.15, 0.2) is 24.4 Å². The van der Waals surface area contributed by atoms with Crippen molar-refractivity contribution in [2.45, 2.75) is 25.4 Å². The molecule has 0 saturated heterocycles. The molecule has 0 saturated carbocycles. The molecule has 19 heavy (non-hydrogen) atoms. The number of hydrogen-bond acceptors (Lipinski definition) is 1. The molecule has 0 atom stereocenters. The fraction of sp³-hybridized carbons (Fsp3) is 0.357. The molecule has 100 valence electrons. The number of hydrogen-bond donors (Lipinski definition) is 0. The summed E-state index contributed by atoms with van der Waals surface area (Å²) in [5, 5.41) is 0. The molecule has 0 fully saturated rings. The number of halogens is 3. The number of imidazole rings is 1. The van der Waals surface area contributed by atoms with E-state index in [1.165, 1.54) is 15.7 Å². The van der Waals surface area contributed by atoms with Crippen LogP contribution >= 0.6 is 0 Å². The van der Waals surface area contributed by atoms with E-state index in [-0.39, 0.29) is 0 Å². The van der Waals surface area contributed by atoms with E-state index in [1.54, 1.807) is 7.05 Å². The van der Waals surface area contributed by atoms with Gasteiger partial charge in [0.2, 0.25) is 0 Å². The second-order valence-electron chi connectivity index (χ2n) is 4.90. The third-order valence-corrected chi connectivity index (χ3v) is 3.52. The van der Waals surface area contributed by atoms with Crippen LogP contribution in [0.3, 0.4) is 0 Å². The first-order chi connectivity index (χ1) is 8.95. The topological polar surface area (TPSA) is 17.8 Å². The average molecular weight is 266 g/mol. The molecule has 3 rings (SSSR count). The molecular formula is C14H13F3N2. The zero-order valence-corrected chi connectivity index (χ0v) is 10.5. The van der Waals surface area contributed by atoms with Gasteiger partial charge in [0.05, 0.1) is 0 Å². The number of benzene rings is 1. The first kappa shape index (κ1) is 12.3. The summed E-state index contributed by atoms with van der Waals surface area (Å²) in [4.78, 5) is 3.71. The maximum Gasteiger partial charge on any atom is 0.434 e. The van der Waals surface area contributed by atoms with E-state index in [0.717, 1.165) is 31.0 Å². The summed E-state index contributed by atoms with van der Waals surface area (Å²) in [6.07, 6.45) is -0.188. The Morgan fingerprint density at radius 1 is 1.16 bits per heavy atom. The van der Waals surface area contributed by atoms with Gasteiger partial charge in [0.25, 0.3) is 0 Å². The molecule has 1 aliphatic rings. The van der Waals surface area contributed by atoms with Crippen molar-refractivity contribution in [2.75, 3.05) is 0 Å². The minimum Gasteiger partial charge on any atom is -0.333 e. The van der Waals surface area contributed by atoms with E-state index in [0.29, 0.717) is 5.82 Å². The van der Waals surface area contributed by atoms with Gasteiger partial charge in [-0.25, -0.2) is 4.98 Å². The Morgan fingerprint density at radius 2 is 1.89 bits per heavy atom. The van der Waals surface area contributed by atoms with E-state index in [2.05, 4.69) is 4.98 Å². The van der Waals surface area contributed by atoms with Crippen molar-refractivity contribution in [2.24, 2.45) is 7.05 Å². The van der Waals surface area contributed by atoms with Gasteiger partial charge in [-0.2, -0.15) is 13.2 Å². The zero-order valence-electron chi connectivity index (χ0n) is 10.5. The molecule has 2 aromatic rings. The molecular weight excluding hydrogens is 253 g/mol. The van der Waals surface area contributed by atoms with Crippen LogP contribution in [0.25, 0.3) is 11.4 Å². The number of aromatic nitrogens is 2. The Hall–Kier alpha value is -1.78. The minimum atomic E-state index is -4.40. The van der Waals surface area contributed by atoms with Crippen molar-refractivity contribution < 1.29 is 13.2 Å². The van der Waals surface area contributed by atoms with E-state index in [4.69, 9.17) is 0 Å². The highest BCUT2D eigenvalue weighted by Gasteiger charge is 2.34. The summed E-state index contributed by atoms with van der Waals surface area (Å²) in [7, 11) is 1.59. The van der Waals surface area contributed by atoms with Gasteiger partial charge >= 0.3 is 6.18 Å². The van der Waals surface area contributed by atoms with Gasteiger partial charge < -0.3 is 4.57 Å². The second-order valence-corrected chi connectivity index (χ2v) is 4.90. The van der Waals surface area contributed by atoms with Gasteiger partial charge in [0.15, 0.2) is 5.69 Å². The standard InChI is InChI=1S/C14H13F3N2/c1-19-8-12(14(15,16)17)18-13(19)11-6-5-9-3-2-4-10(9)7-11/h5-8H,2-4H2,1H3. The third kappa shape index (κ3) is 2.13. The number of fused-ring (bicyclic) bond motifs is 1. The quantitative estimate of drug-likeness (QED) is 0.771. The van der Waals surface area contributed by atoms with Gasteiger partial charge in [0.1, 0.15) is 5.82 Å². The zero-order chi connectivity index (χ0) is 13.6. The molecule has 5 heteroatoms. The Labute approximate surface area is 108 Å². The molecule has 1 aliphatic carbocycles. The molecule has 0 aliphatic heterocycles. The minimum absolute atomic E-state index is 0.363. The maximum absolute atomic E-state index is 12.6. The van der Waals surface area contributed by atoms with Crippen molar-refractivity contribution in [3.8, 4) is 11.4 Å². The van der Waals surface area contributed by atoms with Gasteiger partial charge in [0, 0.05) is 18.8 Å². The van der Waals surface area contributed by atoms with Crippen molar-refractivity contribution in [1.29, 1.82) is 0 Å². The molecule has 1 aromatic carbocycles. The normalized spacial score (nSPS) is 14.7. The predicted molar refractivity (Wildman–Crippen MR) is 65.7 cm³/mol. The summed E-state index contributed by atoms with van der Waals surface area (Å²) in [5.41, 5.74) is 2.44. The molecule has 0 spiro atoms. The summed E-state index contributed by atoms with van der Waals surface area (Å²) >= 11 is 0. The first-order valence-electron chi connectivity index (χ1n) is 6.18. The molecule has 1 heterocycles. The van der Waals surface area contributed by atoms with E-state index >= 15 is 0 Å². The molecule has 2 nitrogen and oxygen atoms in total. The Bertz CT molecular complexity index is 626. The Balaban J connectivity index is 2.05. The lowest BCUT2D eigenvalue weighted by Crippen LogP contribution is -2.04. The van der Waals surface area contributed by atoms with Gasteiger partial charge in [-0.15, -0.1) is 0 Å². The van der Waals surface area contributed by atoms with Crippen LogP contribution in [0.5, 0.6) is 0 Å². The van der Waals surface area contributed by atoms with Crippen molar-refractivity contribution in [3.05, 3.63) is 41.2 Å². The fourth-order valence-corrected chi connectivity index (χ4v) is 2.58. The van der Waals surface area contributed by atoms with Crippen LogP contribution in [-0.4, -0.2) is 9.55 Å². The second kappa shape index (κ2) is 4.11. The summed E-state index contributed by atoms with van der Waals surface area (Å²) < 4.78 is 39.4. The van der Waals surface area contributed by atoms with Crippen LogP contribution in [0.1, 0.15) is 23.2 Å². The molecule has 0 radical (unpaired) electrons. The predicted octanol–water partition coefficient (Wildman–Crippen LogP) is 3.59. The lowest BCUT2D eigenvalue weighted by atomic mass is 10.1. The maximum atomic E-state index is 12.6. The molecule has 0 N–H and O–H groups in total. The van der Waals surface area contributed by atoms with Crippen LogP contribution in [0.2, 0.25) is 0 Å². The van der Waals surface area contributed by atoms with Crippen LogP contribution in [0, 0.1) is 0 Å². The van der Waals surface area contributed by atoms with Crippen LogP contribution in [-0.2, 0) is 26.1 Å². The first-order valence-corrected chi connectivity index (χ1v) is 6.18. The Kier molecular flexibility index (Phi) is 2.66. The summed E-state index contributed by atoms with van der Waals surface area (Å²) in [6, 6.07) is 5.82. The van der Waals surface area contributed by atoms with Crippen molar-refractivity contribution in [3.63, 3.8) is 0 Å². The lowest BCUT2D eigenvalue weighted by Gasteiger charge is -2.05. The average Bonchev–Trinajstić information content (AvgIpc) is 2.92. The van der Waals surface area contributed by atoms with Gasteiger partial charge in [-0.05, 0) is 36.5 Å². The highest BCUT2D eigenvalue weighted by Crippen LogP contribution is 2.32. The van der Waals surface area contributed by atoms with E-state index in [9.17, 15) is 13.2 Å². The highest BCUT2D eigenvalue weighted by molar-refractivity contribution is 5.59. The fourth-order valence-electron chi connectivity index (χ4n) is 2.58. The van der Waals surface area contributed by atoms with Crippen LogP contribution < -0.4 is 0 Å².